The number of ether oxygens (including phenoxy) is 1. The van der Waals surface area contributed by atoms with Crippen molar-refractivity contribution in [3.05, 3.63) is 75.8 Å². The third kappa shape index (κ3) is 3.54. The number of allylic oxidation sites excluding steroid dienone is 1. The van der Waals surface area contributed by atoms with E-state index in [9.17, 15) is 20.0 Å². The number of aliphatic carboxylic acids is 1. The summed E-state index contributed by atoms with van der Waals surface area (Å²) in [6.45, 7) is 1.63. The summed E-state index contributed by atoms with van der Waals surface area (Å²) in [5.41, 5.74) is 1.50. The van der Waals surface area contributed by atoms with Crippen LogP contribution < -0.4 is 5.32 Å². The molecule has 2 atom stereocenters. The van der Waals surface area contributed by atoms with E-state index in [1.54, 1.807) is 49.5 Å². The first-order chi connectivity index (χ1) is 13.4. The minimum absolute atomic E-state index is 0.0408. The fourth-order valence-electron chi connectivity index (χ4n) is 3.05. The number of carboxylic acid groups (broad SMARTS) is 1. The number of nitrogens with one attached hydrogen (secondary N) is 1. The number of nitrogens with zero attached hydrogens (tertiary/aromatic N) is 3. The average molecular weight is 382 g/mol. The summed E-state index contributed by atoms with van der Waals surface area (Å²) in [5, 5.41) is 24.4. The molecule has 1 aliphatic heterocycles. The van der Waals surface area contributed by atoms with Gasteiger partial charge in [-0.1, -0.05) is 24.3 Å². The molecule has 3 rings (SSSR count). The molecule has 9 heteroatoms. The van der Waals surface area contributed by atoms with Crippen molar-refractivity contribution in [2.75, 3.05) is 12.4 Å². The fraction of sp³-hybridized carbons (Fsp3) is 0.211. The number of carboxylic acids is 1. The van der Waals surface area contributed by atoms with Crippen LogP contribution in [-0.4, -0.2) is 40.0 Å². The molecule has 28 heavy (non-hydrogen) atoms. The Bertz CT molecular complexity index is 971. The zero-order valence-corrected chi connectivity index (χ0v) is 15.2. The molecule has 1 aliphatic rings. The van der Waals surface area contributed by atoms with Crippen molar-refractivity contribution in [1.29, 1.82) is 0 Å². The van der Waals surface area contributed by atoms with Gasteiger partial charge in [0, 0.05) is 29.2 Å². The number of carbonyl (C=O) groups is 1. The molecule has 0 fully saturated rings. The third-order valence-corrected chi connectivity index (χ3v) is 4.38. The maximum Gasteiger partial charge on any atom is 0.333 e. The van der Waals surface area contributed by atoms with Crippen molar-refractivity contribution < 1.29 is 19.6 Å². The lowest BCUT2D eigenvalue weighted by Gasteiger charge is -2.17. The van der Waals surface area contributed by atoms with Crippen LogP contribution >= 0.6 is 0 Å². The van der Waals surface area contributed by atoms with E-state index in [1.165, 1.54) is 13.3 Å². The van der Waals surface area contributed by atoms with Crippen LogP contribution in [0.4, 0.5) is 5.69 Å². The van der Waals surface area contributed by atoms with Gasteiger partial charge in [-0.3, -0.25) is 20.1 Å². The van der Waals surface area contributed by atoms with Gasteiger partial charge in [-0.05, 0) is 19.1 Å². The molecule has 0 bridgehead atoms. The second kappa shape index (κ2) is 7.87. The van der Waals surface area contributed by atoms with Gasteiger partial charge >= 0.3 is 12.1 Å². The highest BCUT2D eigenvalue weighted by Gasteiger charge is 2.38. The van der Waals surface area contributed by atoms with Crippen LogP contribution in [-0.2, 0) is 9.53 Å². The number of aliphatic imine (C=N–C) groups is 1. The first-order valence-electron chi connectivity index (χ1n) is 8.39. The van der Waals surface area contributed by atoms with Crippen molar-refractivity contribution in [3.8, 4) is 0 Å². The SMILES string of the molecule is COC(C)=C(C1=N[C@H](C(=O)O)c2ccccc2NC1[N+](=O)[O-])c1cccnc1. The molecule has 0 amide bonds. The number of fused-ring (bicyclic) bond motifs is 1. The number of pyridine rings is 1. The number of anilines is 1. The zero-order valence-electron chi connectivity index (χ0n) is 15.2. The van der Waals surface area contributed by atoms with Gasteiger partial charge in [0.05, 0.1) is 17.6 Å². The molecule has 0 saturated heterocycles. The first-order valence-corrected chi connectivity index (χ1v) is 8.39. The van der Waals surface area contributed by atoms with E-state index in [0.717, 1.165) is 0 Å². The second-order valence-corrected chi connectivity index (χ2v) is 6.05. The zero-order chi connectivity index (χ0) is 20.3. The topological polar surface area (TPSA) is 127 Å². The summed E-state index contributed by atoms with van der Waals surface area (Å²) >= 11 is 0. The van der Waals surface area contributed by atoms with E-state index in [-0.39, 0.29) is 5.71 Å². The Labute approximate surface area is 160 Å². The van der Waals surface area contributed by atoms with Gasteiger partial charge < -0.3 is 15.2 Å². The number of benzene rings is 1. The van der Waals surface area contributed by atoms with Crippen molar-refractivity contribution in [2.24, 2.45) is 4.99 Å². The Morgan fingerprint density at radius 1 is 1.29 bits per heavy atom. The Kier molecular flexibility index (Phi) is 5.35. The standard InChI is InChI=1S/C19H18N4O5/c1-11(28-2)15(12-6-5-9-20-10-12)17-18(23(26)27)21-14-8-4-3-7-13(14)16(22-17)19(24)25/h3-10,16,18,21H,1-2H3,(H,24,25)/t16-,18?/m0/s1. The Morgan fingerprint density at radius 2 is 2.04 bits per heavy atom. The highest BCUT2D eigenvalue weighted by molar-refractivity contribution is 6.27. The van der Waals surface area contributed by atoms with E-state index < -0.39 is 23.1 Å². The molecule has 9 nitrogen and oxygen atoms in total. The van der Waals surface area contributed by atoms with Crippen molar-refractivity contribution >= 4 is 22.9 Å². The van der Waals surface area contributed by atoms with Crippen LogP contribution in [0.2, 0.25) is 0 Å². The van der Waals surface area contributed by atoms with Crippen LogP contribution in [0.1, 0.15) is 24.1 Å². The van der Waals surface area contributed by atoms with Crippen LogP contribution in [0, 0.1) is 10.1 Å². The first kappa shape index (κ1) is 19.0. The quantitative estimate of drug-likeness (QED) is 0.462. The molecule has 0 spiro atoms. The Hall–Kier alpha value is -3.75. The number of rotatable bonds is 5. The molecule has 2 aromatic rings. The molecule has 1 aromatic heterocycles. The smallest absolute Gasteiger partial charge is 0.333 e. The summed E-state index contributed by atoms with van der Waals surface area (Å²) in [6.07, 6.45) is 1.62. The van der Waals surface area contributed by atoms with Gasteiger partial charge in [-0.25, -0.2) is 4.79 Å². The number of methoxy groups -OCH3 is 1. The number of nitro groups is 1. The average Bonchev–Trinajstić information content (AvgIpc) is 2.86. The minimum Gasteiger partial charge on any atom is -0.501 e. The predicted octanol–water partition coefficient (Wildman–Crippen LogP) is 2.75. The number of hydrogen-bond donors (Lipinski definition) is 2. The Morgan fingerprint density at radius 3 is 2.64 bits per heavy atom. The molecule has 0 radical (unpaired) electrons. The molecule has 0 saturated carbocycles. The molecule has 1 unspecified atom stereocenters. The molecular weight excluding hydrogens is 364 g/mol. The summed E-state index contributed by atoms with van der Waals surface area (Å²) in [5.74, 6) is -0.855. The largest absolute Gasteiger partial charge is 0.501 e. The minimum atomic E-state index is -1.47. The van der Waals surface area contributed by atoms with Crippen molar-refractivity contribution in [3.63, 3.8) is 0 Å². The van der Waals surface area contributed by atoms with Crippen molar-refractivity contribution in [1.82, 2.24) is 4.98 Å². The summed E-state index contributed by atoms with van der Waals surface area (Å²) in [6, 6.07) is 8.59. The fourth-order valence-corrected chi connectivity index (χ4v) is 3.05. The molecule has 2 heterocycles. The van der Waals surface area contributed by atoms with E-state index in [2.05, 4.69) is 15.3 Å². The summed E-state index contributed by atoms with van der Waals surface area (Å²) in [4.78, 5) is 31.6. The molecule has 144 valence electrons. The van der Waals surface area contributed by atoms with Crippen LogP contribution in [0.15, 0.2) is 59.5 Å². The highest BCUT2D eigenvalue weighted by Crippen LogP contribution is 2.34. The summed E-state index contributed by atoms with van der Waals surface area (Å²) in [7, 11) is 1.43. The van der Waals surface area contributed by atoms with Crippen LogP contribution in [0.25, 0.3) is 5.57 Å². The van der Waals surface area contributed by atoms with Gasteiger partial charge in [0.15, 0.2) is 6.04 Å². The molecule has 2 N–H and O–H groups in total. The maximum atomic E-state index is 11.9. The number of para-hydroxylation sites is 1. The third-order valence-electron chi connectivity index (χ3n) is 4.38. The van der Waals surface area contributed by atoms with Gasteiger partial charge in [-0.2, -0.15) is 0 Å². The van der Waals surface area contributed by atoms with E-state index in [4.69, 9.17) is 4.74 Å². The number of hydrogen-bond acceptors (Lipinski definition) is 7. The van der Waals surface area contributed by atoms with Crippen LogP contribution in [0.3, 0.4) is 0 Å². The molecular formula is C19H18N4O5. The highest BCUT2D eigenvalue weighted by atomic mass is 16.6. The molecule has 1 aromatic carbocycles. The lowest BCUT2D eigenvalue weighted by molar-refractivity contribution is -0.495. The molecule has 0 aliphatic carbocycles. The van der Waals surface area contributed by atoms with Crippen molar-refractivity contribution in [2.45, 2.75) is 19.1 Å². The lowest BCUT2D eigenvalue weighted by atomic mass is 9.99. The predicted molar refractivity (Wildman–Crippen MR) is 102 cm³/mol. The normalized spacial score (nSPS) is 19.3. The monoisotopic (exact) mass is 382 g/mol. The lowest BCUT2D eigenvalue weighted by Crippen LogP contribution is -2.37. The van der Waals surface area contributed by atoms with Gasteiger partial charge in [0.1, 0.15) is 11.5 Å². The summed E-state index contributed by atoms with van der Waals surface area (Å²) < 4.78 is 5.33. The van der Waals surface area contributed by atoms with E-state index >= 15 is 0 Å². The number of aromatic nitrogens is 1. The van der Waals surface area contributed by atoms with Gasteiger partial charge in [0.25, 0.3) is 0 Å². The van der Waals surface area contributed by atoms with Gasteiger partial charge in [-0.15, -0.1) is 0 Å². The maximum absolute atomic E-state index is 11.9. The Balaban J connectivity index is 2.29. The van der Waals surface area contributed by atoms with E-state index in [1.807, 2.05) is 0 Å². The van der Waals surface area contributed by atoms with E-state index in [0.29, 0.717) is 28.1 Å². The van der Waals surface area contributed by atoms with Gasteiger partial charge in [0.2, 0.25) is 0 Å². The second-order valence-electron chi connectivity index (χ2n) is 6.05. The van der Waals surface area contributed by atoms with Crippen LogP contribution in [0.5, 0.6) is 0 Å².